The summed E-state index contributed by atoms with van der Waals surface area (Å²) < 4.78 is 13.1. The van der Waals surface area contributed by atoms with Crippen molar-refractivity contribution in [1.82, 2.24) is 20.8 Å². The van der Waals surface area contributed by atoms with E-state index in [9.17, 15) is 14.7 Å². The molecule has 3 saturated carbocycles. The average molecular weight is 536 g/mol. The number of carbonyl (C=O) groups is 2. The fourth-order valence-corrected chi connectivity index (χ4v) is 6.91. The molecule has 4 N–H and O–H groups in total. The number of amides is 2. The standard InChI is InChI=1S/C29H41BN4O5/c1-16(2)12-24(30-38-23-14-19-13-22(28(19,4)5)29(23,6)39-30)31-27(37)25(17(3)35)32-26(36)21-15-20(33-34-21)18-10-8-7-9-11-18/h7-11,15-17,19,22-25,35H,12-14H2,1-6H3,(H,31,37)(H,32,36)(H,33,34)/t17-,19-,22+,23-,24+,25+,29+/m1/s1. The molecule has 39 heavy (non-hydrogen) atoms. The summed E-state index contributed by atoms with van der Waals surface area (Å²) in [5.74, 6) is -0.127. The Hall–Kier alpha value is -2.69. The minimum atomic E-state index is -1.17. The molecule has 4 fully saturated rings. The van der Waals surface area contributed by atoms with Crippen LogP contribution in [-0.4, -0.2) is 64.0 Å². The van der Waals surface area contributed by atoms with Gasteiger partial charge in [0.2, 0.25) is 5.91 Å². The lowest BCUT2D eigenvalue weighted by Gasteiger charge is -2.64. The molecular weight excluding hydrogens is 495 g/mol. The second-order valence-corrected chi connectivity index (χ2v) is 12.8. The Kier molecular flexibility index (Phi) is 7.41. The number of rotatable bonds is 9. The Morgan fingerprint density at radius 3 is 2.51 bits per heavy atom. The van der Waals surface area contributed by atoms with E-state index in [-0.39, 0.29) is 23.1 Å². The first-order chi connectivity index (χ1) is 18.4. The lowest BCUT2D eigenvalue weighted by molar-refractivity contribution is -0.199. The zero-order valence-corrected chi connectivity index (χ0v) is 23.7. The minimum absolute atomic E-state index is 0.00251. The van der Waals surface area contributed by atoms with E-state index in [1.165, 1.54) is 6.92 Å². The molecule has 0 unspecified atom stereocenters. The van der Waals surface area contributed by atoms with Gasteiger partial charge in [0.15, 0.2) is 0 Å². The van der Waals surface area contributed by atoms with E-state index in [0.29, 0.717) is 24.0 Å². The van der Waals surface area contributed by atoms with Gasteiger partial charge in [-0.2, -0.15) is 5.10 Å². The second kappa shape index (κ2) is 10.4. The maximum atomic E-state index is 13.5. The number of aromatic nitrogens is 2. The van der Waals surface area contributed by atoms with Crippen molar-refractivity contribution in [2.75, 3.05) is 0 Å². The summed E-state index contributed by atoms with van der Waals surface area (Å²) in [7, 11) is -0.590. The third-order valence-corrected chi connectivity index (χ3v) is 9.29. The molecule has 2 aromatic rings. The quantitative estimate of drug-likeness (QED) is 0.365. The molecule has 1 saturated heterocycles. The van der Waals surface area contributed by atoms with Gasteiger partial charge in [-0.1, -0.05) is 58.0 Å². The van der Waals surface area contributed by atoms with E-state index in [2.05, 4.69) is 55.4 Å². The lowest BCUT2D eigenvalue weighted by Crippen LogP contribution is -2.65. The molecular formula is C29H41BN4O5. The monoisotopic (exact) mass is 536 g/mol. The van der Waals surface area contributed by atoms with Gasteiger partial charge in [-0.25, -0.2) is 0 Å². The van der Waals surface area contributed by atoms with Gasteiger partial charge < -0.3 is 25.0 Å². The highest BCUT2D eigenvalue weighted by molar-refractivity contribution is 6.48. The highest BCUT2D eigenvalue weighted by atomic mass is 16.7. The lowest BCUT2D eigenvalue weighted by atomic mass is 9.43. The maximum Gasteiger partial charge on any atom is 0.481 e. The van der Waals surface area contributed by atoms with Crippen LogP contribution in [0, 0.1) is 23.2 Å². The maximum absolute atomic E-state index is 13.5. The van der Waals surface area contributed by atoms with Gasteiger partial charge in [-0.05, 0) is 62.3 Å². The van der Waals surface area contributed by atoms with Crippen molar-refractivity contribution in [3.05, 3.63) is 42.1 Å². The van der Waals surface area contributed by atoms with Crippen LogP contribution in [-0.2, 0) is 14.1 Å². The zero-order chi connectivity index (χ0) is 28.1. The van der Waals surface area contributed by atoms with E-state index in [0.717, 1.165) is 18.4 Å². The Balaban J connectivity index is 1.27. The van der Waals surface area contributed by atoms with Gasteiger partial charge in [0.1, 0.15) is 11.7 Å². The SMILES string of the molecule is CC(C)C[C@H](NC(=O)[C@@H](NC(=O)c1cc(-c2ccccc2)n[nH]1)[C@@H](C)O)B1O[C@@H]2C[C@H]3C[C@@H](C3(C)C)[C@]2(C)O1. The molecule has 2 heterocycles. The van der Waals surface area contributed by atoms with Crippen LogP contribution < -0.4 is 10.6 Å². The van der Waals surface area contributed by atoms with Crippen LogP contribution in [0.4, 0.5) is 0 Å². The van der Waals surface area contributed by atoms with Gasteiger partial charge >= 0.3 is 7.12 Å². The van der Waals surface area contributed by atoms with Crippen molar-refractivity contribution in [3.8, 4) is 11.3 Å². The van der Waals surface area contributed by atoms with Crippen LogP contribution in [0.3, 0.4) is 0 Å². The van der Waals surface area contributed by atoms with Crippen molar-refractivity contribution in [3.63, 3.8) is 0 Å². The number of nitrogens with zero attached hydrogens (tertiary/aromatic N) is 1. The molecule has 210 valence electrons. The summed E-state index contributed by atoms with van der Waals surface area (Å²) >= 11 is 0. The molecule has 7 atom stereocenters. The third-order valence-electron chi connectivity index (χ3n) is 9.29. The number of hydrogen-bond donors (Lipinski definition) is 4. The van der Waals surface area contributed by atoms with Crippen molar-refractivity contribution in [2.24, 2.45) is 23.2 Å². The fourth-order valence-electron chi connectivity index (χ4n) is 6.91. The minimum Gasteiger partial charge on any atom is -0.404 e. The van der Waals surface area contributed by atoms with Gasteiger partial charge in [-0.3, -0.25) is 14.7 Å². The number of carbonyl (C=O) groups excluding carboxylic acids is 2. The van der Waals surface area contributed by atoms with Gasteiger partial charge in [0.25, 0.3) is 5.91 Å². The molecule has 2 bridgehead atoms. The molecule has 1 aromatic heterocycles. The average Bonchev–Trinajstić information content (AvgIpc) is 3.51. The number of aliphatic hydroxyl groups is 1. The predicted molar refractivity (Wildman–Crippen MR) is 148 cm³/mol. The van der Waals surface area contributed by atoms with Crippen LogP contribution in [0.15, 0.2) is 36.4 Å². The predicted octanol–water partition coefficient (Wildman–Crippen LogP) is 3.35. The van der Waals surface area contributed by atoms with Gasteiger partial charge in [0, 0.05) is 5.56 Å². The summed E-state index contributed by atoms with van der Waals surface area (Å²) in [5.41, 5.74) is 1.50. The van der Waals surface area contributed by atoms with Crippen LogP contribution in [0.25, 0.3) is 11.3 Å². The van der Waals surface area contributed by atoms with E-state index < -0.39 is 42.6 Å². The second-order valence-electron chi connectivity index (χ2n) is 12.8. The number of aliphatic hydroxyl groups excluding tert-OH is 1. The Morgan fingerprint density at radius 1 is 1.15 bits per heavy atom. The van der Waals surface area contributed by atoms with E-state index in [1.807, 2.05) is 30.3 Å². The smallest absolute Gasteiger partial charge is 0.404 e. The van der Waals surface area contributed by atoms with Crippen molar-refractivity contribution in [1.29, 1.82) is 0 Å². The first-order valence-electron chi connectivity index (χ1n) is 14.1. The number of benzene rings is 1. The molecule has 10 heteroatoms. The summed E-state index contributed by atoms with van der Waals surface area (Å²) in [6.45, 7) is 12.4. The molecule has 9 nitrogen and oxygen atoms in total. The van der Waals surface area contributed by atoms with Crippen molar-refractivity contribution in [2.45, 2.75) is 90.6 Å². The molecule has 0 radical (unpaired) electrons. The zero-order valence-electron chi connectivity index (χ0n) is 23.7. The fraction of sp³-hybridized carbons (Fsp3) is 0.621. The molecule has 1 aromatic carbocycles. The van der Waals surface area contributed by atoms with E-state index in [4.69, 9.17) is 9.31 Å². The van der Waals surface area contributed by atoms with Crippen molar-refractivity contribution >= 4 is 18.9 Å². The van der Waals surface area contributed by atoms with Gasteiger partial charge in [0.05, 0.1) is 29.4 Å². The molecule has 3 aliphatic carbocycles. The van der Waals surface area contributed by atoms with Gasteiger partial charge in [-0.15, -0.1) is 0 Å². The molecule has 6 rings (SSSR count). The number of aromatic amines is 1. The highest BCUT2D eigenvalue weighted by Crippen LogP contribution is 2.65. The summed E-state index contributed by atoms with van der Waals surface area (Å²) in [6, 6.07) is 9.94. The summed E-state index contributed by atoms with van der Waals surface area (Å²) in [5, 5.41) is 23.1. The third kappa shape index (κ3) is 5.14. The van der Waals surface area contributed by atoms with Crippen LogP contribution in [0.1, 0.15) is 71.3 Å². The Bertz CT molecular complexity index is 1200. The van der Waals surface area contributed by atoms with Crippen LogP contribution in [0.2, 0.25) is 0 Å². The van der Waals surface area contributed by atoms with Crippen LogP contribution in [0.5, 0.6) is 0 Å². The topological polar surface area (TPSA) is 126 Å². The van der Waals surface area contributed by atoms with Crippen molar-refractivity contribution < 1.29 is 24.0 Å². The highest BCUT2D eigenvalue weighted by Gasteiger charge is 2.68. The van der Waals surface area contributed by atoms with E-state index >= 15 is 0 Å². The molecule has 1 aliphatic heterocycles. The largest absolute Gasteiger partial charge is 0.481 e. The molecule has 2 amide bonds. The number of hydrogen-bond acceptors (Lipinski definition) is 6. The summed E-state index contributed by atoms with van der Waals surface area (Å²) in [4.78, 5) is 26.5. The number of nitrogens with one attached hydrogen (secondary N) is 3. The Labute approximate surface area is 231 Å². The van der Waals surface area contributed by atoms with E-state index in [1.54, 1.807) is 6.07 Å². The normalized spacial score (nSPS) is 29.2. The number of H-pyrrole nitrogens is 1. The Morgan fingerprint density at radius 2 is 1.87 bits per heavy atom. The molecule has 0 spiro atoms. The van der Waals surface area contributed by atoms with Crippen LogP contribution >= 0.6 is 0 Å². The molecule has 4 aliphatic rings. The first kappa shape index (κ1) is 27.9. The first-order valence-corrected chi connectivity index (χ1v) is 14.1. The summed E-state index contributed by atoms with van der Waals surface area (Å²) in [6.07, 6.45) is 1.62.